The second-order valence-corrected chi connectivity index (χ2v) is 6.24. The number of hydrogen-bond donors (Lipinski definition) is 1. The summed E-state index contributed by atoms with van der Waals surface area (Å²) in [6.07, 6.45) is 0. The summed E-state index contributed by atoms with van der Waals surface area (Å²) in [4.78, 5) is 2.71. The minimum atomic E-state index is 0.637. The van der Waals surface area contributed by atoms with Crippen LogP contribution in [0.2, 0.25) is 0 Å². The van der Waals surface area contributed by atoms with Gasteiger partial charge in [0.05, 0.1) is 12.2 Å². The van der Waals surface area contributed by atoms with E-state index in [9.17, 15) is 0 Å². The van der Waals surface area contributed by atoms with Crippen molar-refractivity contribution in [2.45, 2.75) is 26.9 Å². The van der Waals surface area contributed by atoms with Crippen molar-refractivity contribution >= 4 is 11.3 Å². The van der Waals surface area contributed by atoms with Crippen LogP contribution in [0.4, 0.5) is 0 Å². The number of nitrogens with zero attached hydrogens (tertiary/aromatic N) is 4. The number of para-hydroxylation sites is 1. The molecule has 0 radical (unpaired) electrons. The van der Waals surface area contributed by atoms with Crippen LogP contribution in [-0.4, -0.2) is 20.2 Å². The maximum absolute atomic E-state index is 4.09. The third kappa shape index (κ3) is 3.17. The van der Waals surface area contributed by atoms with Gasteiger partial charge in [0.2, 0.25) is 0 Å². The van der Waals surface area contributed by atoms with Crippen LogP contribution in [0.1, 0.15) is 21.1 Å². The average Bonchev–Trinajstić information content (AvgIpc) is 3.08. The van der Waals surface area contributed by atoms with Gasteiger partial charge in [-0.25, -0.2) is 0 Å². The number of aromatic nitrogens is 4. The van der Waals surface area contributed by atoms with Crippen LogP contribution in [0.5, 0.6) is 0 Å². The Morgan fingerprint density at radius 1 is 1.14 bits per heavy atom. The molecule has 0 unspecified atom stereocenters. The fourth-order valence-electron chi connectivity index (χ4n) is 2.12. The fraction of sp³-hybridized carbons (Fsp3) is 0.267. The Morgan fingerprint density at radius 2 is 1.95 bits per heavy atom. The van der Waals surface area contributed by atoms with Crippen molar-refractivity contribution < 1.29 is 0 Å². The normalized spacial score (nSPS) is 11.0. The third-order valence-corrected chi connectivity index (χ3v) is 4.49. The van der Waals surface area contributed by atoms with Gasteiger partial charge in [0.15, 0.2) is 5.82 Å². The summed E-state index contributed by atoms with van der Waals surface area (Å²) in [7, 11) is 0. The molecule has 3 rings (SSSR count). The molecule has 0 saturated carbocycles. The summed E-state index contributed by atoms with van der Waals surface area (Å²) >= 11 is 1.83. The maximum atomic E-state index is 4.09. The molecule has 0 amide bonds. The van der Waals surface area contributed by atoms with E-state index in [4.69, 9.17) is 0 Å². The zero-order valence-electron chi connectivity index (χ0n) is 12.1. The lowest BCUT2D eigenvalue weighted by Gasteiger charge is -2.05. The number of thiophene rings is 1. The van der Waals surface area contributed by atoms with Gasteiger partial charge >= 0.3 is 0 Å². The zero-order chi connectivity index (χ0) is 14.7. The molecule has 0 fully saturated rings. The molecule has 108 valence electrons. The number of benzene rings is 1. The smallest absolute Gasteiger partial charge is 0.170 e. The van der Waals surface area contributed by atoms with Gasteiger partial charge in [-0.15, -0.1) is 16.4 Å². The largest absolute Gasteiger partial charge is 0.305 e. The van der Waals surface area contributed by atoms with E-state index in [0.717, 1.165) is 18.1 Å². The maximum Gasteiger partial charge on any atom is 0.170 e. The highest BCUT2D eigenvalue weighted by atomic mass is 32.1. The number of tetrazole rings is 1. The van der Waals surface area contributed by atoms with Gasteiger partial charge < -0.3 is 5.32 Å². The lowest BCUT2D eigenvalue weighted by Crippen LogP contribution is -2.16. The Kier molecular flexibility index (Phi) is 4.08. The molecule has 1 aromatic carbocycles. The summed E-state index contributed by atoms with van der Waals surface area (Å²) in [5.74, 6) is 0.811. The van der Waals surface area contributed by atoms with Crippen LogP contribution in [0.25, 0.3) is 5.69 Å². The van der Waals surface area contributed by atoms with Crippen LogP contribution in [-0.2, 0) is 13.1 Å². The van der Waals surface area contributed by atoms with Crippen LogP contribution in [0.3, 0.4) is 0 Å². The van der Waals surface area contributed by atoms with E-state index < -0.39 is 0 Å². The van der Waals surface area contributed by atoms with E-state index in [-0.39, 0.29) is 0 Å². The van der Waals surface area contributed by atoms with Crippen molar-refractivity contribution in [1.82, 2.24) is 25.5 Å². The summed E-state index contributed by atoms with van der Waals surface area (Å²) in [6, 6.07) is 12.1. The minimum Gasteiger partial charge on any atom is -0.305 e. The zero-order valence-corrected chi connectivity index (χ0v) is 12.9. The standard InChI is InChI=1S/C15H17N5S/c1-11-8-14(21-12(11)2)9-16-10-15-17-18-19-20(15)13-6-4-3-5-7-13/h3-8,16H,9-10H2,1-2H3. The van der Waals surface area contributed by atoms with Crippen LogP contribution in [0, 0.1) is 13.8 Å². The molecule has 0 aliphatic heterocycles. The van der Waals surface area contributed by atoms with E-state index in [0.29, 0.717) is 6.54 Å². The Hall–Kier alpha value is -2.05. The van der Waals surface area contributed by atoms with E-state index in [1.165, 1.54) is 15.3 Å². The molecular weight excluding hydrogens is 282 g/mol. The van der Waals surface area contributed by atoms with Gasteiger partial charge in [0, 0.05) is 16.3 Å². The van der Waals surface area contributed by atoms with Gasteiger partial charge in [-0.1, -0.05) is 18.2 Å². The van der Waals surface area contributed by atoms with Crippen LogP contribution >= 0.6 is 11.3 Å². The molecule has 0 saturated heterocycles. The quantitative estimate of drug-likeness (QED) is 0.787. The minimum absolute atomic E-state index is 0.637. The highest BCUT2D eigenvalue weighted by Gasteiger charge is 2.08. The van der Waals surface area contributed by atoms with E-state index in [1.54, 1.807) is 4.68 Å². The molecule has 0 spiro atoms. The molecule has 5 nitrogen and oxygen atoms in total. The fourth-order valence-corrected chi connectivity index (χ4v) is 3.14. The first kappa shape index (κ1) is 13.9. The number of rotatable bonds is 5. The third-order valence-electron chi connectivity index (χ3n) is 3.33. The molecule has 21 heavy (non-hydrogen) atoms. The van der Waals surface area contributed by atoms with E-state index >= 15 is 0 Å². The van der Waals surface area contributed by atoms with Crippen LogP contribution < -0.4 is 5.32 Å². The Labute approximate surface area is 127 Å². The lowest BCUT2D eigenvalue weighted by molar-refractivity contribution is 0.646. The van der Waals surface area contributed by atoms with E-state index in [2.05, 4.69) is 40.8 Å². The first-order chi connectivity index (χ1) is 10.2. The average molecular weight is 299 g/mol. The predicted octanol–water partition coefficient (Wildman–Crippen LogP) is 2.63. The topological polar surface area (TPSA) is 55.6 Å². The Morgan fingerprint density at radius 3 is 2.67 bits per heavy atom. The highest BCUT2D eigenvalue weighted by Crippen LogP contribution is 2.20. The van der Waals surface area contributed by atoms with Gasteiger partial charge in [0.1, 0.15) is 0 Å². The first-order valence-electron chi connectivity index (χ1n) is 6.83. The lowest BCUT2D eigenvalue weighted by atomic mass is 10.3. The Bertz CT molecular complexity index is 697. The van der Waals surface area contributed by atoms with Gasteiger partial charge in [-0.05, 0) is 48.0 Å². The number of hydrogen-bond acceptors (Lipinski definition) is 5. The van der Waals surface area contributed by atoms with Crippen molar-refractivity contribution in [3.8, 4) is 5.69 Å². The summed E-state index contributed by atoms with van der Waals surface area (Å²) in [5, 5.41) is 15.3. The molecule has 0 bridgehead atoms. The van der Waals surface area contributed by atoms with E-state index in [1.807, 2.05) is 41.7 Å². The van der Waals surface area contributed by atoms with Crippen molar-refractivity contribution in [3.63, 3.8) is 0 Å². The molecule has 0 aliphatic rings. The molecule has 1 N–H and O–H groups in total. The highest BCUT2D eigenvalue weighted by molar-refractivity contribution is 7.12. The molecule has 2 aromatic heterocycles. The summed E-state index contributed by atoms with van der Waals surface area (Å²) < 4.78 is 1.76. The second-order valence-electron chi connectivity index (χ2n) is 4.90. The molecule has 0 atom stereocenters. The van der Waals surface area contributed by atoms with Gasteiger partial charge in [-0.2, -0.15) is 4.68 Å². The van der Waals surface area contributed by atoms with Crippen molar-refractivity contribution in [1.29, 1.82) is 0 Å². The van der Waals surface area contributed by atoms with Crippen molar-refractivity contribution in [2.24, 2.45) is 0 Å². The number of nitrogens with one attached hydrogen (secondary N) is 1. The Balaban J connectivity index is 1.65. The molecule has 6 heteroatoms. The monoisotopic (exact) mass is 299 g/mol. The number of aryl methyl sites for hydroxylation is 2. The summed E-state index contributed by atoms with van der Waals surface area (Å²) in [6.45, 7) is 5.77. The molecule has 2 heterocycles. The van der Waals surface area contributed by atoms with Gasteiger partial charge in [-0.3, -0.25) is 0 Å². The molecular formula is C15H17N5S. The summed E-state index contributed by atoms with van der Waals surface area (Å²) in [5.41, 5.74) is 2.33. The second kappa shape index (κ2) is 6.15. The molecule has 0 aliphatic carbocycles. The van der Waals surface area contributed by atoms with Crippen LogP contribution in [0.15, 0.2) is 36.4 Å². The van der Waals surface area contributed by atoms with Crippen molar-refractivity contribution in [2.75, 3.05) is 0 Å². The first-order valence-corrected chi connectivity index (χ1v) is 7.65. The molecule has 3 aromatic rings. The van der Waals surface area contributed by atoms with Crippen molar-refractivity contribution in [3.05, 3.63) is 57.5 Å². The predicted molar refractivity (Wildman–Crippen MR) is 83.5 cm³/mol. The van der Waals surface area contributed by atoms with Gasteiger partial charge in [0.25, 0.3) is 0 Å². The SMILES string of the molecule is Cc1cc(CNCc2nnnn2-c2ccccc2)sc1C.